The highest BCUT2D eigenvalue weighted by Crippen LogP contribution is 2.27. The van der Waals surface area contributed by atoms with Crippen molar-refractivity contribution >= 4 is 34.7 Å². The van der Waals surface area contributed by atoms with Crippen LogP contribution in [0.15, 0.2) is 53.0 Å². The van der Waals surface area contributed by atoms with E-state index in [9.17, 15) is 4.79 Å². The predicted molar refractivity (Wildman–Crippen MR) is 106 cm³/mol. The van der Waals surface area contributed by atoms with Gasteiger partial charge in [0, 0.05) is 25.9 Å². The van der Waals surface area contributed by atoms with Gasteiger partial charge in [0.25, 0.3) is 0 Å². The van der Waals surface area contributed by atoms with E-state index in [-0.39, 0.29) is 11.7 Å². The number of nitrogens with zero attached hydrogens (tertiary/aromatic N) is 3. The first-order valence-electron chi connectivity index (χ1n) is 8.21. The van der Waals surface area contributed by atoms with Crippen molar-refractivity contribution in [3.05, 3.63) is 47.8 Å². The number of thiophene rings is 1. The fourth-order valence-corrected chi connectivity index (χ4v) is 3.88. The third-order valence-corrected chi connectivity index (χ3v) is 5.41. The molecule has 0 radical (unpaired) electrons. The summed E-state index contributed by atoms with van der Waals surface area (Å²) < 4.78 is 7.21. The fraction of sp³-hybridized carbons (Fsp3) is 0.278. The number of amides is 1. The summed E-state index contributed by atoms with van der Waals surface area (Å²) >= 11 is 3.02. The van der Waals surface area contributed by atoms with Gasteiger partial charge in [-0.1, -0.05) is 36.0 Å². The van der Waals surface area contributed by atoms with Crippen LogP contribution in [0.4, 0.5) is 5.69 Å². The molecule has 0 aliphatic heterocycles. The molecule has 0 aliphatic carbocycles. The maximum atomic E-state index is 12.2. The zero-order chi connectivity index (χ0) is 18.2. The van der Waals surface area contributed by atoms with Crippen molar-refractivity contribution in [3.63, 3.8) is 0 Å². The molecule has 0 spiro atoms. The average molecular weight is 389 g/mol. The molecule has 1 N–H and O–H groups in total. The lowest BCUT2D eigenvalue weighted by atomic mass is 10.3. The number of aromatic nitrogens is 3. The van der Waals surface area contributed by atoms with E-state index in [4.69, 9.17) is 4.74 Å². The molecule has 3 aromatic rings. The van der Waals surface area contributed by atoms with Gasteiger partial charge in [0.1, 0.15) is 0 Å². The predicted octanol–water partition coefficient (Wildman–Crippen LogP) is 3.77. The van der Waals surface area contributed by atoms with E-state index >= 15 is 0 Å². The minimum atomic E-state index is -0.0645. The van der Waals surface area contributed by atoms with Gasteiger partial charge in [0.15, 0.2) is 11.0 Å². The number of benzene rings is 1. The standard InChI is InChI=1S/C18H20N4O2S2/c1-24-11-6-10-22-17(15-9-5-12-25-15)20-21-18(22)26-13-16(23)19-14-7-3-2-4-8-14/h2-5,7-9,12H,6,10-11,13H2,1H3,(H,19,23). The average Bonchev–Trinajstić information content (AvgIpc) is 3.31. The number of methoxy groups -OCH3 is 1. The molecule has 2 heterocycles. The number of ether oxygens (including phenoxy) is 1. The summed E-state index contributed by atoms with van der Waals surface area (Å²) in [5.41, 5.74) is 0.791. The number of carbonyl (C=O) groups is 1. The van der Waals surface area contributed by atoms with Gasteiger partial charge in [-0.2, -0.15) is 0 Å². The Kier molecular flexibility index (Phi) is 6.82. The summed E-state index contributed by atoms with van der Waals surface area (Å²) in [6.45, 7) is 1.41. The normalized spacial score (nSPS) is 10.8. The van der Waals surface area contributed by atoms with Crippen molar-refractivity contribution in [1.82, 2.24) is 14.8 Å². The Morgan fingerprint density at radius 3 is 2.81 bits per heavy atom. The molecule has 0 saturated carbocycles. The van der Waals surface area contributed by atoms with E-state index < -0.39 is 0 Å². The number of anilines is 1. The van der Waals surface area contributed by atoms with Crippen LogP contribution in [0.1, 0.15) is 6.42 Å². The van der Waals surface area contributed by atoms with Gasteiger partial charge < -0.3 is 14.6 Å². The lowest BCUT2D eigenvalue weighted by Gasteiger charge is -2.09. The summed E-state index contributed by atoms with van der Waals surface area (Å²) in [6, 6.07) is 13.5. The lowest BCUT2D eigenvalue weighted by molar-refractivity contribution is -0.113. The third-order valence-electron chi connectivity index (χ3n) is 3.58. The molecule has 0 atom stereocenters. The van der Waals surface area contributed by atoms with Crippen LogP contribution in [0.2, 0.25) is 0 Å². The van der Waals surface area contributed by atoms with Crippen molar-refractivity contribution in [2.75, 3.05) is 24.8 Å². The van der Waals surface area contributed by atoms with Crippen molar-refractivity contribution in [1.29, 1.82) is 0 Å². The summed E-state index contributed by atoms with van der Waals surface area (Å²) in [7, 11) is 1.69. The molecule has 0 unspecified atom stereocenters. The molecule has 1 amide bonds. The van der Waals surface area contributed by atoms with E-state index in [1.54, 1.807) is 18.4 Å². The lowest BCUT2D eigenvalue weighted by Crippen LogP contribution is -2.14. The Morgan fingerprint density at radius 2 is 2.08 bits per heavy atom. The van der Waals surface area contributed by atoms with E-state index in [1.807, 2.05) is 47.8 Å². The number of nitrogens with one attached hydrogen (secondary N) is 1. The Balaban J connectivity index is 1.67. The Hall–Kier alpha value is -2.16. The summed E-state index contributed by atoms with van der Waals surface area (Å²) in [5.74, 6) is 1.05. The smallest absolute Gasteiger partial charge is 0.234 e. The summed E-state index contributed by atoms with van der Waals surface area (Å²) in [5, 5.41) is 14.3. The van der Waals surface area contributed by atoms with E-state index in [2.05, 4.69) is 20.1 Å². The molecule has 0 fully saturated rings. The first kappa shape index (κ1) is 18.6. The van der Waals surface area contributed by atoms with Crippen molar-refractivity contribution in [2.24, 2.45) is 0 Å². The Morgan fingerprint density at radius 1 is 1.23 bits per heavy atom. The maximum Gasteiger partial charge on any atom is 0.234 e. The second-order valence-electron chi connectivity index (χ2n) is 5.48. The second kappa shape index (κ2) is 9.51. The highest BCUT2D eigenvalue weighted by molar-refractivity contribution is 7.99. The molecule has 2 aromatic heterocycles. The Labute approximate surface area is 160 Å². The topological polar surface area (TPSA) is 69.0 Å². The largest absolute Gasteiger partial charge is 0.385 e. The van der Waals surface area contributed by atoms with Gasteiger partial charge >= 0.3 is 0 Å². The van der Waals surface area contributed by atoms with Gasteiger partial charge in [-0.3, -0.25) is 4.79 Å². The minimum absolute atomic E-state index is 0.0645. The number of para-hydroxylation sites is 1. The first-order chi connectivity index (χ1) is 12.8. The zero-order valence-electron chi connectivity index (χ0n) is 14.4. The van der Waals surface area contributed by atoms with Crippen LogP contribution < -0.4 is 5.32 Å². The van der Waals surface area contributed by atoms with Gasteiger partial charge in [-0.15, -0.1) is 21.5 Å². The molecule has 6 nitrogen and oxygen atoms in total. The van der Waals surface area contributed by atoms with Gasteiger partial charge in [0.05, 0.1) is 10.6 Å². The molecule has 1 aromatic carbocycles. The van der Waals surface area contributed by atoms with Crippen LogP contribution in [-0.4, -0.2) is 40.1 Å². The van der Waals surface area contributed by atoms with Crippen LogP contribution in [0.25, 0.3) is 10.7 Å². The Bertz CT molecular complexity index is 819. The number of hydrogen-bond acceptors (Lipinski definition) is 6. The molecule has 0 bridgehead atoms. The van der Waals surface area contributed by atoms with Crippen molar-refractivity contribution in [2.45, 2.75) is 18.1 Å². The van der Waals surface area contributed by atoms with E-state index in [0.717, 1.165) is 34.5 Å². The SMILES string of the molecule is COCCCn1c(SCC(=O)Nc2ccccc2)nnc1-c1cccs1. The van der Waals surface area contributed by atoms with Gasteiger partial charge in [-0.05, 0) is 30.0 Å². The quantitative estimate of drug-likeness (QED) is 0.446. The molecule has 136 valence electrons. The van der Waals surface area contributed by atoms with Crippen LogP contribution in [0.3, 0.4) is 0 Å². The second-order valence-corrected chi connectivity index (χ2v) is 7.37. The number of carbonyl (C=O) groups excluding carboxylic acids is 1. The minimum Gasteiger partial charge on any atom is -0.385 e. The number of hydrogen-bond donors (Lipinski definition) is 1. The highest BCUT2D eigenvalue weighted by Gasteiger charge is 2.16. The monoisotopic (exact) mass is 388 g/mol. The highest BCUT2D eigenvalue weighted by atomic mass is 32.2. The van der Waals surface area contributed by atoms with Crippen molar-refractivity contribution in [3.8, 4) is 10.7 Å². The molecular formula is C18H20N4O2S2. The zero-order valence-corrected chi connectivity index (χ0v) is 16.1. The molecular weight excluding hydrogens is 368 g/mol. The molecule has 0 saturated heterocycles. The van der Waals surface area contributed by atoms with Crippen molar-refractivity contribution < 1.29 is 9.53 Å². The van der Waals surface area contributed by atoms with E-state index in [0.29, 0.717) is 6.61 Å². The molecule has 3 rings (SSSR count). The molecule has 26 heavy (non-hydrogen) atoms. The number of thioether (sulfide) groups is 1. The van der Waals surface area contributed by atoms with E-state index in [1.165, 1.54) is 11.8 Å². The van der Waals surface area contributed by atoms with Crippen LogP contribution in [0.5, 0.6) is 0 Å². The van der Waals surface area contributed by atoms with Crippen LogP contribution in [0, 0.1) is 0 Å². The summed E-state index contributed by atoms with van der Waals surface area (Å²) in [4.78, 5) is 13.3. The first-order valence-corrected chi connectivity index (χ1v) is 10.1. The third kappa shape index (κ3) is 4.94. The number of rotatable bonds is 9. The summed E-state index contributed by atoms with van der Waals surface area (Å²) in [6.07, 6.45) is 0.858. The van der Waals surface area contributed by atoms with Gasteiger partial charge in [-0.25, -0.2) is 0 Å². The van der Waals surface area contributed by atoms with Gasteiger partial charge in [0.2, 0.25) is 5.91 Å². The van der Waals surface area contributed by atoms with Crippen LogP contribution >= 0.6 is 23.1 Å². The van der Waals surface area contributed by atoms with Crippen LogP contribution in [-0.2, 0) is 16.1 Å². The molecule has 0 aliphatic rings. The molecule has 8 heteroatoms. The fourth-order valence-electron chi connectivity index (χ4n) is 2.40. The maximum absolute atomic E-state index is 12.2.